The molecule has 2 saturated heterocycles. The molecule has 0 unspecified atom stereocenters. The van der Waals surface area contributed by atoms with Gasteiger partial charge in [-0.05, 0) is 63.8 Å². The molecule has 0 bridgehead atoms. The zero-order chi connectivity index (χ0) is 20.8. The Balaban J connectivity index is 1.43. The minimum atomic E-state index is -1.05. The van der Waals surface area contributed by atoms with E-state index in [9.17, 15) is 0 Å². The average molecular weight is 432 g/mol. The number of hydrogen-bond donors (Lipinski definition) is 0. The van der Waals surface area contributed by atoms with Gasteiger partial charge < -0.3 is 18.1 Å². The fourth-order valence-corrected chi connectivity index (χ4v) is 7.93. The van der Waals surface area contributed by atoms with Crippen LogP contribution in [0.5, 0.6) is 0 Å². The minimum absolute atomic E-state index is 0.212. The molecule has 2 heterocycles. The van der Waals surface area contributed by atoms with Crippen molar-refractivity contribution >= 4 is 27.4 Å². The Morgan fingerprint density at radius 3 is 1.10 bits per heavy atom. The molecule has 1 spiro atoms. The molecule has 0 radical (unpaired) electrons. The van der Waals surface area contributed by atoms with Gasteiger partial charge in [-0.3, -0.25) is 0 Å². The summed E-state index contributed by atoms with van der Waals surface area (Å²) in [5.74, 6) is 0. The quantitative estimate of drug-likeness (QED) is 0.612. The molecule has 2 aliphatic heterocycles. The maximum absolute atomic E-state index is 6.25. The highest BCUT2D eigenvalue weighted by atomic mass is 31.2. The van der Waals surface area contributed by atoms with E-state index in [0.717, 1.165) is 0 Å². The summed E-state index contributed by atoms with van der Waals surface area (Å²) < 4.78 is 25.0. The van der Waals surface area contributed by atoms with Crippen LogP contribution in [0.2, 0.25) is 0 Å². The molecule has 0 N–H and O–H groups in total. The van der Waals surface area contributed by atoms with E-state index in [0.29, 0.717) is 26.4 Å². The van der Waals surface area contributed by atoms with Crippen molar-refractivity contribution in [2.45, 2.75) is 41.5 Å². The lowest BCUT2D eigenvalue weighted by Gasteiger charge is -2.43. The zero-order valence-corrected chi connectivity index (χ0v) is 20.0. The van der Waals surface area contributed by atoms with Crippen LogP contribution in [0, 0.1) is 47.0 Å². The van der Waals surface area contributed by atoms with Crippen LogP contribution in [0.1, 0.15) is 33.4 Å². The largest absolute Gasteiger partial charge is 0.330 e. The first-order valence-electron chi connectivity index (χ1n) is 10.1. The summed E-state index contributed by atoms with van der Waals surface area (Å²) >= 11 is 0. The molecular weight excluding hydrogens is 402 g/mol. The third-order valence-corrected chi connectivity index (χ3v) is 9.18. The highest BCUT2D eigenvalue weighted by Gasteiger charge is 2.44. The predicted octanol–water partition coefficient (Wildman–Crippen LogP) is 5.19. The Hall–Kier alpha value is -0.860. The van der Waals surface area contributed by atoms with Crippen molar-refractivity contribution in [2.75, 3.05) is 26.4 Å². The molecule has 6 heteroatoms. The minimum Gasteiger partial charge on any atom is -0.330 e. The topological polar surface area (TPSA) is 36.9 Å². The SMILES string of the molecule is Cc1cc(C)c(P2OCC3(CO2)COP(c2c(C)cc(C)cc2C)OC3)c(C)c1. The van der Waals surface area contributed by atoms with Crippen molar-refractivity contribution in [2.24, 2.45) is 5.41 Å². The number of rotatable bonds is 2. The van der Waals surface area contributed by atoms with E-state index in [1.165, 1.54) is 44.0 Å². The number of aryl methyl sites for hydroxylation is 6. The van der Waals surface area contributed by atoms with Gasteiger partial charge in [0.15, 0.2) is 0 Å². The number of benzene rings is 2. The monoisotopic (exact) mass is 432 g/mol. The Kier molecular flexibility index (Phi) is 6.15. The van der Waals surface area contributed by atoms with Crippen LogP contribution in [-0.4, -0.2) is 26.4 Å². The second-order valence-electron chi connectivity index (χ2n) is 8.60. The summed E-state index contributed by atoms with van der Waals surface area (Å²) in [6, 6.07) is 8.81. The molecule has 0 saturated carbocycles. The highest BCUT2D eigenvalue weighted by Crippen LogP contribution is 2.52. The first-order chi connectivity index (χ1) is 13.8. The van der Waals surface area contributed by atoms with Crippen LogP contribution >= 0.6 is 16.8 Å². The highest BCUT2D eigenvalue weighted by molar-refractivity contribution is 7.56. The standard InChI is InChI=1S/C23H30O4P2/c1-15-7-17(3)21(18(4)8-15)28-24-11-23(12-25-28)13-26-29(27-14-23)22-19(5)9-16(2)10-20(22)6/h7-10H,11-14H2,1-6H3. The molecular formula is C23H30O4P2. The van der Waals surface area contributed by atoms with Crippen LogP contribution in [0.15, 0.2) is 24.3 Å². The second-order valence-corrected chi connectivity index (χ2v) is 11.6. The smallest absolute Gasteiger partial charge is 0.205 e. The number of hydrogen-bond acceptors (Lipinski definition) is 4. The van der Waals surface area contributed by atoms with Gasteiger partial charge in [0.05, 0.1) is 31.8 Å². The van der Waals surface area contributed by atoms with Gasteiger partial charge in [-0.25, -0.2) is 0 Å². The summed E-state index contributed by atoms with van der Waals surface area (Å²) in [7, 11) is -2.09. The van der Waals surface area contributed by atoms with E-state index in [1.807, 2.05) is 0 Å². The molecule has 2 aromatic carbocycles. The van der Waals surface area contributed by atoms with E-state index in [4.69, 9.17) is 18.1 Å². The molecule has 29 heavy (non-hydrogen) atoms. The van der Waals surface area contributed by atoms with E-state index < -0.39 is 16.8 Å². The molecule has 4 rings (SSSR count). The van der Waals surface area contributed by atoms with Gasteiger partial charge in [0.25, 0.3) is 0 Å². The summed E-state index contributed by atoms with van der Waals surface area (Å²) in [4.78, 5) is 0. The van der Waals surface area contributed by atoms with Crippen molar-refractivity contribution in [1.29, 1.82) is 0 Å². The van der Waals surface area contributed by atoms with E-state index >= 15 is 0 Å². The molecule has 0 aromatic heterocycles. The second kappa shape index (κ2) is 8.35. The van der Waals surface area contributed by atoms with E-state index in [-0.39, 0.29) is 5.41 Å². The fraction of sp³-hybridized carbons (Fsp3) is 0.478. The molecule has 2 aromatic rings. The first kappa shape index (κ1) is 21.4. The molecule has 0 atom stereocenters. The van der Waals surface area contributed by atoms with Gasteiger partial charge in [0.1, 0.15) is 0 Å². The lowest BCUT2D eigenvalue weighted by molar-refractivity contribution is -0.0499. The lowest BCUT2D eigenvalue weighted by atomic mass is 9.93. The molecule has 0 amide bonds. The van der Waals surface area contributed by atoms with Crippen LogP contribution < -0.4 is 10.6 Å². The zero-order valence-electron chi connectivity index (χ0n) is 18.2. The van der Waals surface area contributed by atoms with Crippen LogP contribution in [0.25, 0.3) is 0 Å². The third kappa shape index (κ3) is 4.30. The van der Waals surface area contributed by atoms with Crippen molar-refractivity contribution in [3.63, 3.8) is 0 Å². The molecule has 4 nitrogen and oxygen atoms in total. The Morgan fingerprint density at radius 1 is 0.552 bits per heavy atom. The molecule has 2 fully saturated rings. The van der Waals surface area contributed by atoms with Crippen LogP contribution in [0.3, 0.4) is 0 Å². The van der Waals surface area contributed by atoms with Crippen molar-refractivity contribution in [1.82, 2.24) is 0 Å². The van der Waals surface area contributed by atoms with Crippen LogP contribution in [0.4, 0.5) is 0 Å². The van der Waals surface area contributed by atoms with E-state index in [2.05, 4.69) is 65.8 Å². The Labute approximate surface area is 176 Å². The maximum atomic E-state index is 6.25. The van der Waals surface area contributed by atoms with Gasteiger partial charge in [0, 0.05) is 10.6 Å². The predicted molar refractivity (Wildman–Crippen MR) is 121 cm³/mol. The summed E-state index contributed by atoms with van der Waals surface area (Å²) in [6.07, 6.45) is 0. The summed E-state index contributed by atoms with van der Waals surface area (Å²) in [6.45, 7) is 15.3. The molecule has 2 aliphatic rings. The van der Waals surface area contributed by atoms with Crippen LogP contribution in [-0.2, 0) is 18.1 Å². The Bertz CT molecular complexity index is 786. The van der Waals surface area contributed by atoms with Crippen molar-refractivity contribution < 1.29 is 18.1 Å². The van der Waals surface area contributed by atoms with Gasteiger partial charge in [-0.2, -0.15) is 0 Å². The molecule has 0 aliphatic carbocycles. The first-order valence-corrected chi connectivity index (χ1v) is 12.4. The normalized spacial score (nSPS) is 27.4. The lowest BCUT2D eigenvalue weighted by Crippen LogP contribution is -2.46. The fourth-order valence-electron chi connectivity index (χ4n) is 4.29. The van der Waals surface area contributed by atoms with E-state index in [1.54, 1.807) is 0 Å². The van der Waals surface area contributed by atoms with Gasteiger partial charge in [-0.15, -0.1) is 0 Å². The van der Waals surface area contributed by atoms with Crippen molar-refractivity contribution in [3.8, 4) is 0 Å². The summed E-state index contributed by atoms with van der Waals surface area (Å²) in [5.41, 5.74) is 7.32. The Morgan fingerprint density at radius 2 is 0.828 bits per heavy atom. The van der Waals surface area contributed by atoms with Crippen molar-refractivity contribution in [3.05, 3.63) is 57.6 Å². The average Bonchev–Trinajstić information content (AvgIpc) is 2.63. The van der Waals surface area contributed by atoms with Gasteiger partial charge in [-0.1, -0.05) is 35.4 Å². The van der Waals surface area contributed by atoms with Gasteiger partial charge >= 0.3 is 0 Å². The van der Waals surface area contributed by atoms with Gasteiger partial charge in [0.2, 0.25) is 16.8 Å². The maximum Gasteiger partial charge on any atom is 0.205 e. The summed E-state index contributed by atoms with van der Waals surface area (Å²) in [5, 5.41) is 2.43. The molecule has 156 valence electrons. The third-order valence-electron chi connectivity index (χ3n) is 5.59.